The van der Waals surface area contributed by atoms with E-state index in [9.17, 15) is 15.0 Å². The van der Waals surface area contributed by atoms with E-state index >= 15 is 0 Å². The van der Waals surface area contributed by atoms with Gasteiger partial charge in [-0.3, -0.25) is 4.79 Å². The molecule has 1 amide bonds. The number of carbonyl (C=O) groups excluding carboxylic acids is 1. The van der Waals surface area contributed by atoms with Crippen LogP contribution in [0.1, 0.15) is 23.7 Å². The first-order valence-electron chi connectivity index (χ1n) is 5.95. The van der Waals surface area contributed by atoms with Gasteiger partial charge in [-0.15, -0.1) is 0 Å². The van der Waals surface area contributed by atoms with Crippen molar-refractivity contribution in [3.63, 3.8) is 0 Å². The molecule has 0 radical (unpaired) electrons. The van der Waals surface area contributed by atoms with Gasteiger partial charge in [0.05, 0.1) is 0 Å². The molecule has 0 bridgehead atoms. The van der Waals surface area contributed by atoms with E-state index in [2.05, 4.69) is 22.9 Å². The van der Waals surface area contributed by atoms with Gasteiger partial charge in [0.25, 0.3) is 5.91 Å². The summed E-state index contributed by atoms with van der Waals surface area (Å²) in [6, 6.07) is 4.32. The molecule has 2 rings (SSSR count). The highest BCUT2D eigenvalue weighted by atomic mass is 79.9. The van der Waals surface area contributed by atoms with E-state index in [-0.39, 0.29) is 27.8 Å². The van der Waals surface area contributed by atoms with Crippen LogP contribution in [0.5, 0.6) is 11.5 Å². The molecule has 5 heteroatoms. The Labute approximate surface area is 114 Å². The highest BCUT2D eigenvalue weighted by Crippen LogP contribution is 2.30. The van der Waals surface area contributed by atoms with Crippen molar-refractivity contribution in [3.8, 4) is 11.5 Å². The maximum atomic E-state index is 12.3. The molecule has 0 spiro atoms. The Morgan fingerprint density at radius 2 is 2.00 bits per heavy atom. The highest BCUT2D eigenvalue weighted by Gasteiger charge is 2.29. The Morgan fingerprint density at radius 1 is 1.39 bits per heavy atom. The summed E-state index contributed by atoms with van der Waals surface area (Å²) in [6.45, 7) is 3.38. The number of phenols is 2. The Morgan fingerprint density at radius 3 is 2.56 bits per heavy atom. The van der Waals surface area contributed by atoms with Crippen LogP contribution in [0.4, 0.5) is 0 Å². The molecule has 98 valence electrons. The molecule has 1 fully saturated rings. The van der Waals surface area contributed by atoms with Crippen molar-refractivity contribution in [2.75, 3.05) is 13.1 Å². The van der Waals surface area contributed by atoms with Crippen LogP contribution in [0.3, 0.4) is 0 Å². The third-order valence-electron chi connectivity index (χ3n) is 3.39. The minimum atomic E-state index is -0.318. The molecule has 2 atom stereocenters. The molecule has 1 saturated heterocycles. The number of nitrogens with zero attached hydrogens (tertiary/aromatic N) is 1. The van der Waals surface area contributed by atoms with E-state index in [4.69, 9.17) is 0 Å². The van der Waals surface area contributed by atoms with Crippen LogP contribution >= 0.6 is 15.9 Å². The van der Waals surface area contributed by atoms with Crippen LogP contribution in [-0.4, -0.2) is 38.9 Å². The zero-order chi connectivity index (χ0) is 13.3. The zero-order valence-corrected chi connectivity index (χ0v) is 11.7. The topological polar surface area (TPSA) is 60.8 Å². The lowest BCUT2D eigenvalue weighted by Gasteiger charge is -2.34. The summed E-state index contributed by atoms with van der Waals surface area (Å²) in [5.74, 6) is -0.150. The largest absolute Gasteiger partial charge is 0.507 e. The number of alkyl halides is 1. The molecular weight excluding hydrogens is 298 g/mol. The fourth-order valence-corrected chi connectivity index (χ4v) is 2.73. The fourth-order valence-electron chi connectivity index (χ4n) is 2.11. The number of halogens is 1. The summed E-state index contributed by atoms with van der Waals surface area (Å²) in [4.78, 5) is 14.2. The summed E-state index contributed by atoms with van der Waals surface area (Å²) >= 11 is 3.55. The minimum Gasteiger partial charge on any atom is -0.507 e. The predicted molar refractivity (Wildman–Crippen MR) is 72.2 cm³/mol. The van der Waals surface area contributed by atoms with Gasteiger partial charge >= 0.3 is 0 Å². The first-order valence-corrected chi connectivity index (χ1v) is 6.86. The average Bonchev–Trinajstić information content (AvgIpc) is 2.32. The first kappa shape index (κ1) is 13.2. The summed E-state index contributed by atoms with van der Waals surface area (Å²) in [5, 5.41) is 19.4. The summed E-state index contributed by atoms with van der Waals surface area (Å²) in [7, 11) is 0. The number of aromatic hydroxyl groups is 2. The molecule has 18 heavy (non-hydrogen) atoms. The van der Waals surface area contributed by atoms with Crippen LogP contribution in [0.25, 0.3) is 0 Å². The number of amides is 1. The van der Waals surface area contributed by atoms with Crippen molar-refractivity contribution >= 4 is 21.8 Å². The van der Waals surface area contributed by atoms with Crippen molar-refractivity contribution in [2.45, 2.75) is 18.2 Å². The van der Waals surface area contributed by atoms with Crippen molar-refractivity contribution in [2.24, 2.45) is 5.92 Å². The van der Waals surface area contributed by atoms with Gasteiger partial charge in [-0.2, -0.15) is 0 Å². The normalized spacial score (nSPS) is 24.0. The van der Waals surface area contributed by atoms with Gasteiger partial charge in [0.15, 0.2) is 0 Å². The van der Waals surface area contributed by atoms with E-state index < -0.39 is 0 Å². The standard InChI is InChI=1S/C13H16BrNO3/c1-8-5-6-15(7-9(8)14)13(18)12-10(16)3-2-4-11(12)17/h2-4,8-9,16-17H,5-7H2,1H3. The number of piperidine rings is 1. The molecule has 1 aliphatic heterocycles. The van der Waals surface area contributed by atoms with Crippen LogP contribution in [0, 0.1) is 5.92 Å². The molecule has 1 aromatic carbocycles. The Hall–Kier alpha value is -1.23. The third kappa shape index (κ3) is 2.46. The van der Waals surface area contributed by atoms with Crippen molar-refractivity contribution in [1.29, 1.82) is 0 Å². The summed E-state index contributed by atoms with van der Waals surface area (Å²) in [5.41, 5.74) is -0.00764. The second kappa shape index (κ2) is 5.18. The van der Waals surface area contributed by atoms with Crippen LogP contribution in [0.2, 0.25) is 0 Å². The predicted octanol–water partition coefficient (Wildman–Crippen LogP) is 2.34. The number of likely N-dealkylation sites (tertiary alicyclic amines) is 1. The molecule has 1 heterocycles. The molecule has 2 N–H and O–H groups in total. The lowest BCUT2D eigenvalue weighted by atomic mass is 9.98. The molecule has 4 nitrogen and oxygen atoms in total. The molecular formula is C13H16BrNO3. The van der Waals surface area contributed by atoms with E-state index in [1.807, 2.05) is 0 Å². The first-order chi connectivity index (χ1) is 8.50. The van der Waals surface area contributed by atoms with E-state index in [0.29, 0.717) is 19.0 Å². The molecule has 2 unspecified atom stereocenters. The molecule has 1 aliphatic rings. The molecule has 0 aliphatic carbocycles. The van der Waals surface area contributed by atoms with E-state index in [0.717, 1.165) is 6.42 Å². The van der Waals surface area contributed by atoms with Gasteiger partial charge in [0, 0.05) is 17.9 Å². The van der Waals surface area contributed by atoms with Crippen molar-refractivity contribution in [3.05, 3.63) is 23.8 Å². The second-order valence-corrected chi connectivity index (χ2v) is 5.88. The Balaban J connectivity index is 2.22. The van der Waals surface area contributed by atoms with Gasteiger partial charge in [-0.25, -0.2) is 0 Å². The Kier molecular flexibility index (Phi) is 3.80. The fraction of sp³-hybridized carbons (Fsp3) is 0.462. The van der Waals surface area contributed by atoms with Crippen molar-refractivity contribution < 1.29 is 15.0 Å². The van der Waals surface area contributed by atoms with Crippen molar-refractivity contribution in [1.82, 2.24) is 4.90 Å². The van der Waals surface area contributed by atoms with Gasteiger partial charge in [0.1, 0.15) is 17.1 Å². The van der Waals surface area contributed by atoms with E-state index in [1.165, 1.54) is 18.2 Å². The smallest absolute Gasteiger partial charge is 0.261 e. The number of rotatable bonds is 1. The molecule has 0 saturated carbocycles. The maximum absolute atomic E-state index is 12.3. The van der Waals surface area contributed by atoms with Crippen LogP contribution in [-0.2, 0) is 0 Å². The quantitative estimate of drug-likeness (QED) is 0.782. The SMILES string of the molecule is CC1CCN(C(=O)c2c(O)cccc2O)CC1Br. The summed E-state index contributed by atoms with van der Waals surface area (Å²) in [6.07, 6.45) is 0.913. The lowest BCUT2D eigenvalue weighted by molar-refractivity contribution is 0.0700. The van der Waals surface area contributed by atoms with Gasteiger partial charge in [0.2, 0.25) is 0 Å². The molecule has 1 aromatic rings. The van der Waals surface area contributed by atoms with Gasteiger partial charge in [-0.1, -0.05) is 28.9 Å². The zero-order valence-electron chi connectivity index (χ0n) is 10.1. The third-order valence-corrected chi connectivity index (χ3v) is 4.58. The summed E-state index contributed by atoms with van der Waals surface area (Å²) < 4.78 is 0. The Bertz CT molecular complexity index is 443. The van der Waals surface area contributed by atoms with Gasteiger partial charge in [-0.05, 0) is 24.5 Å². The monoisotopic (exact) mass is 313 g/mol. The number of phenolic OH excluding ortho intramolecular Hbond substituents is 2. The van der Waals surface area contributed by atoms with Crippen LogP contribution in [0.15, 0.2) is 18.2 Å². The highest BCUT2D eigenvalue weighted by molar-refractivity contribution is 9.09. The molecule has 0 aromatic heterocycles. The number of benzene rings is 1. The minimum absolute atomic E-state index is 0.00764. The van der Waals surface area contributed by atoms with Crippen LogP contribution < -0.4 is 0 Å². The lowest BCUT2D eigenvalue weighted by Crippen LogP contribution is -2.43. The number of carbonyl (C=O) groups is 1. The number of hydrogen-bond donors (Lipinski definition) is 2. The maximum Gasteiger partial charge on any atom is 0.261 e. The average molecular weight is 314 g/mol. The number of hydrogen-bond acceptors (Lipinski definition) is 3. The van der Waals surface area contributed by atoms with Gasteiger partial charge < -0.3 is 15.1 Å². The second-order valence-electron chi connectivity index (χ2n) is 4.70. The van der Waals surface area contributed by atoms with E-state index in [1.54, 1.807) is 4.90 Å².